The first-order valence-electron chi connectivity index (χ1n) is 9.20. The highest BCUT2D eigenvalue weighted by molar-refractivity contribution is 5.97. The van der Waals surface area contributed by atoms with Gasteiger partial charge < -0.3 is 10.6 Å². The molecule has 30 heavy (non-hydrogen) atoms. The highest BCUT2D eigenvalue weighted by atomic mass is 35.5. The van der Waals surface area contributed by atoms with E-state index in [1.165, 1.54) is 12.3 Å². The maximum absolute atomic E-state index is 13.7. The molecular weight excluding hydrogens is 435 g/mol. The molecule has 162 valence electrons. The minimum absolute atomic E-state index is 0. The maximum Gasteiger partial charge on any atom is 0.253 e. The smallest absolute Gasteiger partial charge is 0.253 e. The Kier molecular flexibility index (Phi) is 7.74. The van der Waals surface area contributed by atoms with E-state index in [1.54, 1.807) is 16.8 Å². The van der Waals surface area contributed by atoms with E-state index in [9.17, 15) is 13.6 Å². The number of nitrogens with one attached hydrogen (secondary N) is 2. The van der Waals surface area contributed by atoms with Crippen LogP contribution in [0, 0.1) is 18.6 Å². The zero-order valence-corrected chi connectivity index (χ0v) is 18.1. The van der Waals surface area contributed by atoms with Crippen LogP contribution in [0.3, 0.4) is 0 Å². The van der Waals surface area contributed by atoms with Crippen LogP contribution in [0.25, 0.3) is 11.0 Å². The first-order chi connectivity index (χ1) is 13.4. The molecule has 1 fully saturated rings. The van der Waals surface area contributed by atoms with Crippen LogP contribution in [-0.4, -0.2) is 39.8 Å². The Morgan fingerprint density at radius 2 is 2.00 bits per heavy atom. The molecule has 2 N–H and O–H groups in total. The van der Waals surface area contributed by atoms with Gasteiger partial charge in [-0.15, -0.1) is 24.8 Å². The van der Waals surface area contributed by atoms with Gasteiger partial charge in [-0.1, -0.05) is 6.07 Å². The van der Waals surface area contributed by atoms with Gasteiger partial charge in [0, 0.05) is 37.1 Å². The molecule has 1 saturated heterocycles. The van der Waals surface area contributed by atoms with Crippen molar-refractivity contribution in [3.63, 3.8) is 0 Å². The van der Waals surface area contributed by atoms with E-state index in [1.807, 2.05) is 14.0 Å². The van der Waals surface area contributed by atoms with Crippen molar-refractivity contribution in [1.82, 2.24) is 25.4 Å². The minimum atomic E-state index is -0.872. The quantitative estimate of drug-likeness (QED) is 0.632. The molecule has 3 heterocycles. The van der Waals surface area contributed by atoms with Gasteiger partial charge in [-0.25, -0.2) is 13.8 Å². The first kappa shape index (κ1) is 24.0. The summed E-state index contributed by atoms with van der Waals surface area (Å²) in [6, 6.07) is 5.48. The van der Waals surface area contributed by atoms with Crippen LogP contribution >= 0.6 is 24.8 Å². The second-order valence-corrected chi connectivity index (χ2v) is 7.16. The average molecular weight is 458 g/mol. The minimum Gasteiger partial charge on any atom is -0.347 e. The summed E-state index contributed by atoms with van der Waals surface area (Å²) in [4.78, 5) is 17.2. The van der Waals surface area contributed by atoms with Crippen molar-refractivity contribution in [1.29, 1.82) is 0 Å². The zero-order chi connectivity index (χ0) is 19.8. The summed E-state index contributed by atoms with van der Waals surface area (Å²) in [6.07, 6.45) is 2.25. The van der Waals surface area contributed by atoms with E-state index < -0.39 is 11.6 Å². The van der Waals surface area contributed by atoms with Gasteiger partial charge in [-0.2, -0.15) is 5.10 Å². The van der Waals surface area contributed by atoms with Crippen molar-refractivity contribution in [2.75, 3.05) is 13.1 Å². The van der Waals surface area contributed by atoms with Crippen molar-refractivity contribution >= 4 is 41.8 Å². The third-order valence-electron chi connectivity index (χ3n) is 5.30. The van der Waals surface area contributed by atoms with Gasteiger partial charge in [-0.05, 0) is 43.7 Å². The third-order valence-corrected chi connectivity index (χ3v) is 5.30. The number of hydrogen-bond donors (Lipinski definition) is 2. The summed E-state index contributed by atoms with van der Waals surface area (Å²) < 4.78 is 28.6. The first-order valence-corrected chi connectivity index (χ1v) is 9.20. The number of fused-ring (bicyclic) bond motifs is 1. The molecule has 10 heteroatoms. The lowest BCUT2D eigenvalue weighted by atomic mass is 9.86. The molecular formula is C20H23Cl2F2N5O. The molecule has 1 aliphatic rings. The number of piperidine rings is 1. The standard InChI is InChI=1S/C20H21F2N5O.2ClH/c1-11-15-7-13(9-24-19(15)27(2)26-11)20(28)25-18-10-23-6-5-14(18)12-3-4-16(21)17(22)8-12;;/h3-4,7-9,14,18,23H,5-6,10H2,1-2H3,(H,25,28);2*1H. The van der Waals surface area contributed by atoms with E-state index in [0.717, 1.165) is 30.1 Å². The van der Waals surface area contributed by atoms with Crippen LogP contribution in [0.4, 0.5) is 8.78 Å². The number of hydrogen-bond acceptors (Lipinski definition) is 4. The number of pyridine rings is 1. The molecule has 3 aromatic rings. The Hall–Kier alpha value is -2.29. The molecule has 4 rings (SSSR count). The van der Waals surface area contributed by atoms with Crippen LogP contribution in [0.15, 0.2) is 30.5 Å². The van der Waals surface area contributed by atoms with E-state index in [4.69, 9.17) is 0 Å². The van der Waals surface area contributed by atoms with E-state index >= 15 is 0 Å². The highest BCUT2D eigenvalue weighted by Crippen LogP contribution is 2.27. The van der Waals surface area contributed by atoms with Crippen molar-refractivity contribution in [2.45, 2.75) is 25.3 Å². The van der Waals surface area contributed by atoms with Crippen molar-refractivity contribution < 1.29 is 13.6 Å². The molecule has 1 aliphatic heterocycles. The molecule has 1 amide bonds. The van der Waals surface area contributed by atoms with E-state index in [0.29, 0.717) is 23.3 Å². The number of halogens is 4. The summed E-state index contributed by atoms with van der Waals surface area (Å²) in [5.41, 5.74) is 2.65. The second kappa shape index (κ2) is 9.68. The normalized spacial score (nSPS) is 18.4. The average Bonchev–Trinajstić information content (AvgIpc) is 2.98. The molecule has 6 nitrogen and oxygen atoms in total. The van der Waals surface area contributed by atoms with Crippen LogP contribution in [-0.2, 0) is 7.05 Å². The number of benzene rings is 1. The topological polar surface area (TPSA) is 71.8 Å². The summed E-state index contributed by atoms with van der Waals surface area (Å²) in [5.74, 6) is -2.09. The SMILES string of the molecule is Cc1nn(C)c2ncc(C(=O)NC3CNCCC3c3ccc(F)c(F)c3)cc12.Cl.Cl. The Morgan fingerprint density at radius 1 is 1.23 bits per heavy atom. The number of amides is 1. The Bertz CT molecular complexity index is 1060. The van der Waals surface area contributed by atoms with Gasteiger partial charge in [0.1, 0.15) is 0 Å². The van der Waals surface area contributed by atoms with Crippen LogP contribution in [0.2, 0.25) is 0 Å². The van der Waals surface area contributed by atoms with Gasteiger partial charge in [0.2, 0.25) is 0 Å². The Morgan fingerprint density at radius 3 is 2.73 bits per heavy atom. The molecule has 0 spiro atoms. The van der Waals surface area contributed by atoms with Gasteiger partial charge in [0.15, 0.2) is 17.3 Å². The molecule has 1 aromatic carbocycles. The van der Waals surface area contributed by atoms with Gasteiger partial charge >= 0.3 is 0 Å². The summed E-state index contributed by atoms with van der Waals surface area (Å²) in [5, 5.41) is 11.4. The number of aromatic nitrogens is 3. The number of carbonyl (C=O) groups excluding carboxylic acids is 1. The molecule has 2 aromatic heterocycles. The summed E-state index contributed by atoms with van der Waals surface area (Å²) in [7, 11) is 1.81. The van der Waals surface area contributed by atoms with E-state index in [2.05, 4.69) is 20.7 Å². The number of aryl methyl sites for hydroxylation is 2. The van der Waals surface area contributed by atoms with Crippen molar-refractivity contribution in [2.24, 2.45) is 7.05 Å². The molecule has 0 saturated carbocycles. The molecule has 2 atom stereocenters. The van der Waals surface area contributed by atoms with E-state index in [-0.39, 0.29) is 42.7 Å². The van der Waals surface area contributed by atoms with Crippen molar-refractivity contribution in [3.8, 4) is 0 Å². The number of rotatable bonds is 3. The molecule has 0 radical (unpaired) electrons. The highest BCUT2D eigenvalue weighted by Gasteiger charge is 2.29. The second-order valence-electron chi connectivity index (χ2n) is 7.16. The zero-order valence-electron chi connectivity index (χ0n) is 16.5. The van der Waals surface area contributed by atoms with Crippen LogP contribution in [0.1, 0.15) is 34.0 Å². The van der Waals surface area contributed by atoms with Gasteiger partial charge in [0.05, 0.1) is 11.3 Å². The number of nitrogens with zero attached hydrogens (tertiary/aromatic N) is 3. The Balaban J connectivity index is 0.00000160. The molecule has 2 unspecified atom stereocenters. The number of carbonyl (C=O) groups is 1. The van der Waals surface area contributed by atoms with Crippen molar-refractivity contribution in [3.05, 3.63) is 58.9 Å². The van der Waals surface area contributed by atoms with Gasteiger partial charge in [-0.3, -0.25) is 9.48 Å². The fourth-order valence-electron chi connectivity index (χ4n) is 3.84. The van der Waals surface area contributed by atoms with Crippen LogP contribution in [0.5, 0.6) is 0 Å². The fourth-order valence-corrected chi connectivity index (χ4v) is 3.84. The lowest BCUT2D eigenvalue weighted by Crippen LogP contribution is -2.50. The fraction of sp³-hybridized carbons (Fsp3) is 0.350. The lowest BCUT2D eigenvalue weighted by molar-refractivity contribution is 0.0924. The molecule has 0 aliphatic carbocycles. The predicted molar refractivity (Wildman–Crippen MR) is 116 cm³/mol. The third kappa shape index (κ3) is 4.55. The lowest BCUT2D eigenvalue weighted by Gasteiger charge is -2.33. The summed E-state index contributed by atoms with van der Waals surface area (Å²) >= 11 is 0. The Labute approximate surface area is 185 Å². The van der Waals surface area contributed by atoms with Crippen LogP contribution < -0.4 is 10.6 Å². The largest absolute Gasteiger partial charge is 0.347 e. The molecule has 0 bridgehead atoms. The maximum atomic E-state index is 13.7. The van der Waals surface area contributed by atoms with Gasteiger partial charge in [0.25, 0.3) is 5.91 Å². The predicted octanol–water partition coefficient (Wildman–Crippen LogP) is 3.27. The monoisotopic (exact) mass is 457 g/mol. The summed E-state index contributed by atoms with van der Waals surface area (Å²) in [6.45, 7) is 3.17.